The standard InChI is InChI=1S/C18H30N4O2/c1-4-5-8-14-11-21(12-15(24-14)13(2)3)18(23)17-20-19-16-9-6-7-10-22(16)17/h13-15H,4-12H2,1-3H3/t14-,15-/m1/s1. The van der Waals surface area contributed by atoms with Gasteiger partial charge in [-0.1, -0.05) is 33.6 Å². The first-order valence-electron chi connectivity index (χ1n) is 9.47. The molecule has 0 aliphatic carbocycles. The van der Waals surface area contributed by atoms with Gasteiger partial charge >= 0.3 is 0 Å². The van der Waals surface area contributed by atoms with Crippen molar-refractivity contribution in [3.05, 3.63) is 11.6 Å². The van der Waals surface area contributed by atoms with Gasteiger partial charge in [-0.3, -0.25) is 4.79 Å². The van der Waals surface area contributed by atoms with Gasteiger partial charge in [0.25, 0.3) is 5.91 Å². The van der Waals surface area contributed by atoms with E-state index in [0.717, 1.165) is 50.9 Å². The summed E-state index contributed by atoms with van der Waals surface area (Å²) < 4.78 is 8.24. The number of aryl methyl sites for hydroxylation is 1. The van der Waals surface area contributed by atoms with Crippen LogP contribution in [0.4, 0.5) is 0 Å². The molecule has 6 nitrogen and oxygen atoms in total. The summed E-state index contributed by atoms with van der Waals surface area (Å²) in [7, 11) is 0. The minimum atomic E-state index is 0.0195. The van der Waals surface area contributed by atoms with Gasteiger partial charge in [0.1, 0.15) is 5.82 Å². The molecule has 0 aromatic carbocycles. The number of fused-ring (bicyclic) bond motifs is 1. The SMILES string of the molecule is CCCC[C@@H]1CN(C(=O)c2nnc3n2CCCC3)C[C@H](C(C)C)O1. The lowest BCUT2D eigenvalue weighted by molar-refractivity contribution is -0.0965. The summed E-state index contributed by atoms with van der Waals surface area (Å²) in [5, 5.41) is 8.44. The molecule has 1 aromatic rings. The van der Waals surface area contributed by atoms with Crippen LogP contribution in [-0.4, -0.2) is 50.9 Å². The molecule has 1 aromatic heterocycles. The van der Waals surface area contributed by atoms with E-state index < -0.39 is 0 Å². The molecule has 0 N–H and O–H groups in total. The number of hydrogen-bond acceptors (Lipinski definition) is 4. The molecule has 0 bridgehead atoms. The van der Waals surface area contributed by atoms with E-state index >= 15 is 0 Å². The van der Waals surface area contributed by atoms with E-state index in [1.165, 1.54) is 0 Å². The van der Waals surface area contributed by atoms with Gasteiger partial charge in [0.2, 0.25) is 5.82 Å². The third-order valence-corrected chi connectivity index (χ3v) is 5.15. The maximum absolute atomic E-state index is 13.1. The van der Waals surface area contributed by atoms with Crippen molar-refractivity contribution >= 4 is 5.91 Å². The lowest BCUT2D eigenvalue weighted by Gasteiger charge is -2.39. The molecule has 2 aliphatic heterocycles. The fourth-order valence-electron chi connectivity index (χ4n) is 3.60. The summed E-state index contributed by atoms with van der Waals surface area (Å²) in [5.74, 6) is 1.90. The van der Waals surface area contributed by atoms with Gasteiger partial charge in [0.15, 0.2) is 0 Å². The molecule has 3 rings (SSSR count). The molecule has 3 heterocycles. The number of carbonyl (C=O) groups excluding carboxylic acids is 1. The highest BCUT2D eigenvalue weighted by Gasteiger charge is 2.34. The Kier molecular flexibility index (Phi) is 5.54. The maximum Gasteiger partial charge on any atom is 0.291 e. The second-order valence-electron chi connectivity index (χ2n) is 7.44. The van der Waals surface area contributed by atoms with Crippen LogP contribution in [0.15, 0.2) is 0 Å². The molecule has 2 atom stereocenters. The topological polar surface area (TPSA) is 60.2 Å². The van der Waals surface area contributed by atoms with Gasteiger partial charge in [-0.05, 0) is 25.2 Å². The number of aromatic nitrogens is 3. The summed E-state index contributed by atoms with van der Waals surface area (Å²) in [4.78, 5) is 15.0. The van der Waals surface area contributed by atoms with Crippen LogP contribution in [-0.2, 0) is 17.7 Å². The van der Waals surface area contributed by atoms with E-state index in [1.807, 2.05) is 9.47 Å². The molecular weight excluding hydrogens is 304 g/mol. The number of unbranched alkanes of at least 4 members (excludes halogenated alkanes) is 1. The third kappa shape index (κ3) is 3.63. The normalized spacial score (nSPS) is 24.2. The summed E-state index contributed by atoms with van der Waals surface area (Å²) in [6, 6.07) is 0. The van der Waals surface area contributed by atoms with Crippen LogP contribution in [0.1, 0.15) is 69.3 Å². The van der Waals surface area contributed by atoms with Crippen molar-refractivity contribution in [1.82, 2.24) is 19.7 Å². The fraction of sp³-hybridized carbons (Fsp3) is 0.833. The molecule has 1 amide bonds. The van der Waals surface area contributed by atoms with Gasteiger partial charge in [0.05, 0.1) is 12.2 Å². The molecule has 0 unspecified atom stereocenters. The van der Waals surface area contributed by atoms with Crippen LogP contribution in [0, 0.1) is 5.92 Å². The van der Waals surface area contributed by atoms with E-state index in [9.17, 15) is 4.79 Å². The molecule has 0 saturated carbocycles. The number of rotatable bonds is 5. The average Bonchev–Trinajstić information content (AvgIpc) is 3.03. The number of amides is 1. The van der Waals surface area contributed by atoms with Gasteiger partial charge in [-0.2, -0.15) is 0 Å². The molecular formula is C18H30N4O2. The maximum atomic E-state index is 13.1. The quantitative estimate of drug-likeness (QED) is 0.830. The predicted octanol–water partition coefficient (Wildman–Crippen LogP) is 2.67. The lowest BCUT2D eigenvalue weighted by atomic mass is 10.0. The van der Waals surface area contributed by atoms with Crippen LogP contribution in [0.3, 0.4) is 0 Å². The van der Waals surface area contributed by atoms with Crippen molar-refractivity contribution in [2.24, 2.45) is 5.92 Å². The summed E-state index contributed by atoms with van der Waals surface area (Å²) in [6.07, 6.45) is 6.71. The zero-order chi connectivity index (χ0) is 17.1. The fourth-order valence-corrected chi connectivity index (χ4v) is 3.60. The van der Waals surface area contributed by atoms with Crippen molar-refractivity contribution in [3.8, 4) is 0 Å². The number of nitrogens with zero attached hydrogens (tertiary/aromatic N) is 4. The third-order valence-electron chi connectivity index (χ3n) is 5.15. The number of carbonyl (C=O) groups is 1. The van der Waals surface area contributed by atoms with Gasteiger partial charge in [-0.15, -0.1) is 10.2 Å². The zero-order valence-electron chi connectivity index (χ0n) is 15.2. The highest BCUT2D eigenvalue weighted by molar-refractivity contribution is 5.91. The van der Waals surface area contributed by atoms with E-state index in [0.29, 0.717) is 24.8 Å². The zero-order valence-corrected chi connectivity index (χ0v) is 15.2. The molecule has 24 heavy (non-hydrogen) atoms. The predicted molar refractivity (Wildman–Crippen MR) is 91.9 cm³/mol. The lowest BCUT2D eigenvalue weighted by Crippen LogP contribution is -2.52. The van der Waals surface area contributed by atoms with Crippen molar-refractivity contribution in [1.29, 1.82) is 0 Å². The van der Waals surface area contributed by atoms with Crippen LogP contribution < -0.4 is 0 Å². The summed E-state index contributed by atoms with van der Waals surface area (Å²) in [6.45, 7) is 8.70. The smallest absolute Gasteiger partial charge is 0.291 e. The summed E-state index contributed by atoms with van der Waals surface area (Å²) in [5.41, 5.74) is 0. The van der Waals surface area contributed by atoms with Crippen molar-refractivity contribution in [2.75, 3.05) is 13.1 Å². The van der Waals surface area contributed by atoms with Crippen LogP contribution >= 0.6 is 0 Å². The van der Waals surface area contributed by atoms with Crippen LogP contribution in [0.2, 0.25) is 0 Å². The van der Waals surface area contributed by atoms with Crippen molar-refractivity contribution in [3.63, 3.8) is 0 Å². The Morgan fingerprint density at radius 2 is 2.12 bits per heavy atom. The second kappa shape index (κ2) is 7.64. The molecule has 0 spiro atoms. The Hall–Kier alpha value is -1.43. The molecule has 2 aliphatic rings. The minimum Gasteiger partial charge on any atom is -0.371 e. The first-order valence-corrected chi connectivity index (χ1v) is 9.47. The van der Waals surface area contributed by atoms with Crippen LogP contribution in [0.5, 0.6) is 0 Å². The first kappa shape index (κ1) is 17.4. The largest absolute Gasteiger partial charge is 0.371 e. The Labute approximate surface area is 144 Å². The molecule has 1 saturated heterocycles. The number of morpholine rings is 1. The minimum absolute atomic E-state index is 0.0195. The van der Waals surface area contributed by atoms with E-state index in [4.69, 9.17) is 4.74 Å². The Bertz CT molecular complexity index is 569. The van der Waals surface area contributed by atoms with E-state index in [1.54, 1.807) is 0 Å². The van der Waals surface area contributed by atoms with E-state index in [2.05, 4.69) is 31.0 Å². The van der Waals surface area contributed by atoms with Crippen molar-refractivity contribution in [2.45, 2.75) is 78.0 Å². The Balaban J connectivity index is 1.75. The van der Waals surface area contributed by atoms with Gasteiger partial charge < -0.3 is 14.2 Å². The van der Waals surface area contributed by atoms with Gasteiger partial charge in [0, 0.05) is 26.1 Å². The molecule has 6 heteroatoms. The summed E-state index contributed by atoms with van der Waals surface area (Å²) >= 11 is 0. The highest BCUT2D eigenvalue weighted by atomic mass is 16.5. The monoisotopic (exact) mass is 334 g/mol. The first-order chi connectivity index (χ1) is 11.6. The van der Waals surface area contributed by atoms with Crippen LogP contribution in [0.25, 0.3) is 0 Å². The Morgan fingerprint density at radius 3 is 2.88 bits per heavy atom. The Morgan fingerprint density at radius 1 is 1.29 bits per heavy atom. The van der Waals surface area contributed by atoms with E-state index in [-0.39, 0.29) is 18.1 Å². The highest BCUT2D eigenvalue weighted by Crippen LogP contribution is 2.23. The number of hydrogen-bond donors (Lipinski definition) is 0. The molecule has 134 valence electrons. The second-order valence-corrected chi connectivity index (χ2v) is 7.44. The van der Waals surface area contributed by atoms with Gasteiger partial charge in [-0.25, -0.2) is 0 Å². The molecule has 0 radical (unpaired) electrons. The molecule has 1 fully saturated rings. The van der Waals surface area contributed by atoms with Crippen molar-refractivity contribution < 1.29 is 9.53 Å². The average molecular weight is 334 g/mol. The number of ether oxygens (including phenoxy) is 1.